The highest BCUT2D eigenvalue weighted by molar-refractivity contribution is 5.92. The molecule has 2 amide bonds. The number of piperidine rings is 1. The Kier molecular flexibility index (Phi) is 6.59. The number of ether oxygens (including phenoxy) is 1. The van der Waals surface area contributed by atoms with Crippen molar-refractivity contribution in [2.45, 2.75) is 39.5 Å². The third-order valence-corrected chi connectivity index (χ3v) is 5.07. The molecule has 0 spiro atoms. The number of para-hydroxylation sites is 1. The maximum absolute atomic E-state index is 13.8. The summed E-state index contributed by atoms with van der Waals surface area (Å²) in [6.07, 6.45) is 1.10. The zero-order valence-corrected chi connectivity index (χ0v) is 17.2. The molecular weight excluding hydrogens is 394 g/mol. The molecule has 9 heteroatoms. The fraction of sp³-hybridized carbons (Fsp3) is 0.429. The number of carbonyl (C=O) groups is 2. The third kappa shape index (κ3) is 4.55. The van der Waals surface area contributed by atoms with Crippen LogP contribution in [0.1, 0.15) is 53.3 Å². The summed E-state index contributed by atoms with van der Waals surface area (Å²) >= 11 is 0. The van der Waals surface area contributed by atoms with Gasteiger partial charge in [-0.15, -0.1) is 0 Å². The lowest BCUT2D eigenvalue weighted by atomic mass is 9.90. The third-order valence-electron chi connectivity index (χ3n) is 5.07. The number of carbonyl (C=O) groups excluding carboxylic acids is 2. The van der Waals surface area contributed by atoms with E-state index < -0.39 is 29.3 Å². The first-order valence-corrected chi connectivity index (χ1v) is 9.84. The van der Waals surface area contributed by atoms with E-state index in [-0.39, 0.29) is 12.5 Å². The van der Waals surface area contributed by atoms with Gasteiger partial charge < -0.3 is 15.0 Å². The number of aryl methyl sites for hydroxylation is 2. The average molecular weight is 418 g/mol. The number of halogens is 2. The van der Waals surface area contributed by atoms with Gasteiger partial charge in [0, 0.05) is 19.0 Å². The van der Waals surface area contributed by atoms with Gasteiger partial charge in [0.05, 0.1) is 18.0 Å². The predicted molar refractivity (Wildman–Crippen MR) is 106 cm³/mol. The molecular formula is C21H24F2N4O3. The highest BCUT2D eigenvalue weighted by atomic mass is 19.1. The fourth-order valence-electron chi connectivity index (χ4n) is 3.65. The Morgan fingerprint density at radius 3 is 2.40 bits per heavy atom. The lowest BCUT2D eigenvalue weighted by Crippen LogP contribution is -2.41. The van der Waals surface area contributed by atoms with Crippen LogP contribution in [-0.2, 0) is 4.74 Å². The van der Waals surface area contributed by atoms with Crippen molar-refractivity contribution >= 4 is 17.7 Å². The molecule has 1 aromatic heterocycles. The number of nitrogens with one attached hydrogen (secondary N) is 1. The highest BCUT2D eigenvalue weighted by Gasteiger charge is 2.30. The molecule has 0 atom stereocenters. The SMILES string of the molecule is CCOC(=O)c1c(C)nc(C)nc1C1CCN(C(=O)Nc2c(F)cccc2F)CC1. The molecule has 0 saturated carbocycles. The number of nitrogens with zero attached hydrogens (tertiary/aromatic N) is 3. The Morgan fingerprint density at radius 2 is 1.80 bits per heavy atom. The summed E-state index contributed by atoms with van der Waals surface area (Å²) < 4.78 is 32.7. The molecule has 1 N–H and O–H groups in total. The van der Waals surface area contributed by atoms with Gasteiger partial charge in [0.2, 0.25) is 0 Å². The number of likely N-dealkylation sites (tertiary alicyclic amines) is 1. The van der Waals surface area contributed by atoms with Crippen LogP contribution in [-0.4, -0.2) is 46.6 Å². The van der Waals surface area contributed by atoms with Gasteiger partial charge in [-0.25, -0.2) is 28.3 Å². The second-order valence-electron chi connectivity index (χ2n) is 7.13. The summed E-state index contributed by atoms with van der Waals surface area (Å²) in [4.78, 5) is 35.2. The van der Waals surface area contributed by atoms with Crippen LogP contribution in [0.5, 0.6) is 0 Å². The van der Waals surface area contributed by atoms with Crippen molar-refractivity contribution in [3.05, 3.63) is 52.6 Å². The number of hydrogen-bond donors (Lipinski definition) is 1. The minimum absolute atomic E-state index is 0.0564. The van der Waals surface area contributed by atoms with Crippen molar-refractivity contribution in [3.8, 4) is 0 Å². The molecule has 0 aliphatic carbocycles. The second kappa shape index (κ2) is 9.15. The lowest BCUT2D eigenvalue weighted by molar-refractivity contribution is 0.0521. The van der Waals surface area contributed by atoms with Crippen LogP contribution in [0.3, 0.4) is 0 Å². The van der Waals surface area contributed by atoms with Crippen LogP contribution in [0.2, 0.25) is 0 Å². The fourth-order valence-corrected chi connectivity index (χ4v) is 3.65. The van der Waals surface area contributed by atoms with Crippen LogP contribution in [0.15, 0.2) is 18.2 Å². The monoisotopic (exact) mass is 418 g/mol. The van der Waals surface area contributed by atoms with E-state index in [1.165, 1.54) is 11.0 Å². The zero-order chi connectivity index (χ0) is 21.8. The Labute approximate surface area is 173 Å². The molecule has 1 aromatic carbocycles. The summed E-state index contributed by atoms with van der Waals surface area (Å²) in [7, 11) is 0. The van der Waals surface area contributed by atoms with Crippen molar-refractivity contribution in [1.82, 2.24) is 14.9 Å². The summed E-state index contributed by atoms with van der Waals surface area (Å²) in [5, 5.41) is 2.30. The topological polar surface area (TPSA) is 84.4 Å². The van der Waals surface area contributed by atoms with Crippen LogP contribution in [0, 0.1) is 25.5 Å². The molecule has 3 rings (SSSR count). The minimum atomic E-state index is -0.829. The van der Waals surface area contributed by atoms with Gasteiger partial charge in [-0.1, -0.05) is 6.07 Å². The Bertz CT molecular complexity index is 939. The maximum Gasteiger partial charge on any atom is 0.341 e. The molecule has 0 unspecified atom stereocenters. The first-order valence-electron chi connectivity index (χ1n) is 9.84. The van der Waals surface area contributed by atoms with Gasteiger partial charge in [0.25, 0.3) is 0 Å². The summed E-state index contributed by atoms with van der Waals surface area (Å²) in [6.45, 7) is 6.20. The van der Waals surface area contributed by atoms with Crippen LogP contribution in [0.4, 0.5) is 19.3 Å². The molecule has 2 heterocycles. The smallest absolute Gasteiger partial charge is 0.341 e. The van der Waals surface area contributed by atoms with Gasteiger partial charge in [-0.2, -0.15) is 0 Å². The van der Waals surface area contributed by atoms with E-state index in [0.29, 0.717) is 48.7 Å². The zero-order valence-electron chi connectivity index (χ0n) is 17.2. The van der Waals surface area contributed by atoms with E-state index in [4.69, 9.17) is 4.74 Å². The molecule has 1 aliphatic heterocycles. The van der Waals surface area contributed by atoms with Crippen molar-refractivity contribution in [2.75, 3.05) is 25.0 Å². The van der Waals surface area contributed by atoms with Crippen LogP contribution < -0.4 is 5.32 Å². The molecule has 1 saturated heterocycles. The highest BCUT2D eigenvalue weighted by Crippen LogP contribution is 2.31. The number of rotatable bonds is 4. The van der Waals surface area contributed by atoms with E-state index in [2.05, 4.69) is 15.3 Å². The molecule has 1 aliphatic rings. The molecule has 1 fully saturated rings. The number of benzene rings is 1. The quantitative estimate of drug-likeness (QED) is 0.760. The molecule has 30 heavy (non-hydrogen) atoms. The van der Waals surface area contributed by atoms with Crippen molar-refractivity contribution in [2.24, 2.45) is 0 Å². The predicted octanol–water partition coefficient (Wildman–Crippen LogP) is 3.96. The lowest BCUT2D eigenvalue weighted by Gasteiger charge is -2.32. The number of anilines is 1. The van der Waals surface area contributed by atoms with E-state index in [9.17, 15) is 18.4 Å². The molecule has 160 valence electrons. The Balaban J connectivity index is 1.73. The number of hydrogen-bond acceptors (Lipinski definition) is 5. The Hall–Kier alpha value is -3.10. The number of amides is 2. The van der Waals surface area contributed by atoms with Crippen molar-refractivity contribution < 1.29 is 23.1 Å². The van der Waals surface area contributed by atoms with Crippen LogP contribution >= 0.6 is 0 Å². The van der Waals surface area contributed by atoms with Gasteiger partial charge >= 0.3 is 12.0 Å². The van der Waals surface area contributed by atoms with Gasteiger partial charge in [-0.3, -0.25) is 0 Å². The van der Waals surface area contributed by atoms with Gasteiger partial charge in [0.1, 0.15) is 28.7 Å². The standard InChI is InChI=1S/C21H24F2N4O3/c1-4-30-20(28)17-12(2)24-13(3)25-18(17)14-8-10-27(11-9-14)21(29)26-19-15(22)6-5-7-16(19)23/h5-7,14H,4,8-11H2,1-3H3,(H,26,29). The van der Waals surface area contributed by atoms with Crippen molar-refractivity contribution in [3.63, 3.8) is 0 Å². The molecule has 2 aromatic rings. The first kappa shape index (κ1) is 21.6. The molecule has 0 radical (unpaired) electrons. The normalized spacial score (nSPS) is 14.5. The average Bonchev–Trinajstić information content (AvgIpc) is 2.70. The van der Waals surface area contributed by atoms with Gasteiger partial charge in [-0.05, 0) is 45.7 Å². The minimum Gasteiger partial charge on any atom is -0.462 e. The maximum atomic E-state index is 13.8. The van der Waals surface area contributed by atoms with E-state index in [1.807, 2.05) is 0 Å². The van der Waals surface area contributed by atoms with Crippen LogP contribution in [0.25, 0.3) is 0 Å². The largest absolute Gasteiger partial charge is 0.462 e. The number of urea groups is 1. The summed E-state index contributed by atoms with van der Waals surface area (Å²) in [5.41, 5.74) is 1.10. The number of esters is 1. The van der Waals surface area contributed by atoms with E-state index in [1.54, 1.807) is 20.8 Å². The van der Waals surface area contributed by atoms with Crippen molar-refractivity contribution in [1.29, 1.82) is 0 Å². The summed E-state index contributed by atoms with van der Waals surface area (Å²) in [6, 6.07) is 2.83. The second-order valence-corrected chi connectivity index (χ2v) is 7.13. The van der Waals surface area contributed by atoms with E-state index >= 15 is 0 Å². The van der Waals surface area contributed by atoms with E-state index in [0.717, 1.165) is 12.1 Å². The molecule has 0 bridgehead atoms. The summed E-state index contributed by atoms with van der Waals surface area (Å²) in [5.74, 6) is -1.61. The first-order chi connectivity index (χ1) is 14.3. The number of aromatic nitrogens is 2. The van der Waals surface area contributed by atoms with Gasteiger partial charge in [0.15, 0.2) is 0 Å². The Morgan fingerprint density at radius 1 is 1.17 bits per heavy atom. The molecule has 7 nitrogen and oxygen atoms in total.